The van der Waals surface area contributed by atoms with Crippen LogP contribution in [-0.4, -0.2) is 17.1 Å². The number of halogens is 4. The van der Waals surface area contributed by atoms with E-state index in [4.69, 9.17) is 16.3 Å². The fourth-order valence-electron chi connectivity index (χ4n) is 1.48. The molecule has 0 unspecified atom stereocenters. The molecule has 2 aromatic rings. The van der Waals surface area contributed by atoms with Crippen molar-refractivity contribution in [3.8, 4) is 5.75 Å². The summed E-state index contributed by atoms with van der Waals surface area (Å²) in [5.41, 5.74) is -0.771. The first-order chi connectivity index (χ1) is 7.93. The number of aromatic nitrogens is 2. The van der Waals surface area contributed by atoms with Crippen LogP contribution in [0.4, 0.5) is 13.2 Å². The summed E-state index contributed by atoms with van der Waals surface area (Å²) in [4.78, 5) is 7.31. The molecule has 1 aromatic heterocycles. The van der Waals surface area contributed by atoms with E-state index in [0.29, 0.717) is 0 Å². The molecule has 17 heavy (non-hydrogen) atoms. The zero-order valence-corrected chi connectivity index (χ0v) is 9.30. The Morgan fingerprint density at radius 2 is 2.00 bits per heavy atom. The molecule has 0 atom stereocenters. The zero-order valence-electron chi connectivity index (χ0n) is 8.55. The van der Waals surface area contributed by atoms with Crippen molar-refractivity contribution >= 4 is 22.5 Å². The van der Waals surface area contributed by atoms with Gasteiger partial charge < -0.3 is 4.74 Å². The van der Waals surface area contributed by atoms with Crippen LogP contribution in [0.2, 0.25) is 5.28 Å². The molecule has 0 aliphatic rings. The van der Waals surface area contributed by atoms with Gasteiger partial charge in [0.2, 0.25) is 5.28 Å². The second-order valence-electron chi connectivity index (χ2n) is 3.21. The average molecular weight is 263 g/mol. The highest BCUT2D eigenvalue weighted by molar-refractivity contribution is 6.28. The van der Waals surface area contributed by atoms with E-state index >= 15 is 0 Å². The Kier molecular flexibility index (Phi) is 2.82. The van der Waals surface area contributed by atoms with Crippen LogP contribution in [0, 0.1) is 0 Å². The first-order valence-electron chi connectivity index (χ1n) is 4.50. The lowest BCUT2D eigenvalue weighted by atomic mass is 10.1. The molecule has 0 saturated carbocycles. The summed E-state index contributed by atoms with van der Waals surface area (Å²) < 4.78 is 43.1. The minimum absolute atomic E-state index is 0.0438. The molecule has 0 saturated heterocycles. The zero-order chi connectivity index (χ0) is 12.6. The van der Waals surface area contributed by atoms with Crippen molar-refractivity contribution in [1.29, 1.82) is 0 Å². The van der Waals surface area contributed by atoms with Gasteiger partial charge in [-0.2, -0.15) is 13.2 Å². The van der Waals surface area contributed by atoms with Crippen LogP contribution in [-0.2, 0) is 6.18 Å². The molecule has 0 fully saturated rings. The summed E-state index contributed by atoms with van der Waals surface area (Å²) >= 11 is 5.56. The van der Waals surface area contributed by atoms with Crippen LogP contribution < -0.4 is 4.74 Å². The number of rotatable bonds is 1. The lowest BCUT2D eigenvalue weighted by Gasteiger charge is -2.11. The maximum atomic E-state index is 12.7. The molecular formula is C10H6ClF3N2O. The van der Waals surface area contributed by atoms with E-state index in [2.05, 4.69) is 9.97 Å². The van der Waals surface area contributed by atoms with Gasteiger partial charge in [0.1, 0.15) is 11.3 Å². The minimum atomic E-state index is -4.47. The monoisotopic (exact) mass is 262 g/mol. The molecular weight excluding hydrogens is 257 g/mol. The highest BCUT2D eigenvalue weighted by atomic mass is 35.5. The Hall–Kier alpha value is -1.56. The van der Waals surface area contributed by atoms with Gasteiger partial charge in [0.15, 0.2) is 0 Å². The van der Waals surface area contributed by atoms with E-state index in [1.807, 2.05) is 0 Å². The van der Waals surface area contributed by atoms with E-state index in [1.165, 1.54) is 13.2 Å². The molecule has 0 N–H and O–H groups in total. The number of benzene rings is 1. The lowest BCUT2D eigenvalue weighted by molar-refractivity contribution is -0.136. The van der Waals surface area contributed by atoms with Crippen LogP contribution in [0.15, 0.2) is 18.3 Å². The summed E-state index contributed by atoms with van der Waals surface area (Å²) in [5.74, 6) is 0.220. The summed E-state index contributed by atoms with van der Waals surface area (Å²) in [6.45, 7) is 0. The molecule has 3 nitrogen and oxygen atoms in total. The van der Waals surface area contributed by atoms with E-state index in [0.717, 1.165) is 12.3 Å². The topological polar surface area (TPSA) is 35.0 Å². The highest BCUT2D eigenvalue weighted by Gasteiger charge is 2.33. The number of ether oxygens (including phenoxy) is 1. The van der Waals surface area contributed by atoms with E-state index in [9.17, 15) is 13.2 Å². The molecule has 0 aliphatic heterocycles. The molecule has 0 aliphatic carbocycles. The molecule has 1 heterocycles. The first-order valence-corrected chi connectivity index (χ1v) is 4.87. The van der Waals surface area contributed by atoms with Crippen molar-refractivity contribution < 1.29 is 17.9 Å². The quantitative estimate of drug-likeness (QED) is 0.740. The molecule has 0 spiro atoms. The van der Waals surface area contributed by atoms with Crippen molar-refractivity contribution in [2.24, 2.45) is 0 Å². The van der Waals surface area contributed by atoms with Crippen LogP contribution in [0.1, 0.15) is 5.56 Å². The van der Waals surface area contributed by atoms with Crippen molar-refractivity contribution in [3.63, 3.8) is 0 Å². The van der Waals surface area contributed by atoms with Crippen molar-refractivity contribution in [2.45, 2.75) is 6.18 Å². The number of methoxy groups -OCH3 is 1. The fraction of sp³-hybridized carbons (Fsp3) is 0.200. The molecule has 0 radical (unpaired) electrons. The van der Waals surface area contributed by atoms with E-state index < -0.39 is 11.7 Å². The average Bonchev–Trinajstić information content (AvgIpc) is 2.26. The van der Waals surface area contributed by atoms with Gasteiger partial charge in [-0.3, -0.25) is 0 Å². The molecule has 90 valence electrons. The third-order valence-electron chi connectivity index (χ3n) is 2.21. The predicted octanol–water partition coefficient (Wildman–Crippen LogP) is 3.31. The summed E-state index contributed by atoms with van der Waals surface area (Å²) in [7, 11) is 1.35. The van der Waals surface area contributed by atoms with Gasteiger partial charge in [-0.25, -0.2) is 9.97 Å². The van der Waals surface area contributed by atoms with Crippen LogP contribution in [0.5, 0.6) is 5.75 Å². The Morgan fingerprint density at radius 3 is 2.59 bits per heavy atom. The van der Waals surface area contributed by atoms with Crippen molar-refractivity contribution in [2.75, 3.05) is 7.11 Å². The molecule has 1 aromatic carbocycles. The number of nitrogens with zero attached hydrogens (tertiary/aromatic N) is 2. The summed E-state index contributed by atoms with van der Waals surface area (Å²) in [5, 5.41) is -0.267. The largest absolute Gasteiger partial charge is 0.494 e. The van der Waals surface area contributed by atoms with Gasteiger partial charge in [0.05, 0.1) is 12.7 Å². The van der Waals surface area contributed by atoms with Gasteiger partial charge in [-0.15, -0.1) is 0 Å². The first kappa shape index (κ1) is 11.9. The Balaban J connectivity index is 2.83. The number of alkyl halides is 3. The molecule has 2 rings (SSSR count). The van der Waals surface area contributed by atoms with Gasteiger partial charge >= 0.3 is 6.18 Å². The van der Waals surface area contributed by atoms with E-state index in [1.54, 1.807) is 0 Å². The van der Waals surface area contributed by atoms with Gasteiger partial charge in [-0.05, 0) is 23.7 Å². The maximum Gasteiger partial charge on any atom is 0.417 e. The fourth-order valence-corrected chi connectivity index (χ4v) is 1.62. The third kappa shape index (κ3) is 2.12. The van der Waals surface area contributed by atoms with Crippen molar-refractivity contribution in [3.05, 3.63) is 29.2 Å². The van der Waals surface area contributed by atoms with Crippen molar-refractivity contribution in [1.82, 2.24) is 9.97 Å². The summed E-state index contributed by atoms with van der Waals surface area (Å²) in [6, 6.07) is 2.13. The Morgan fingerprint density at radius 1 is 1.29 bits per heavy atom. The van der Waals surface area contributed by atoms with Gasteiger partial charge in [0, 0.05) is 11.6 Å². The lowest BCUT2D eigenvalue weighted by Crippen LogP contribution is -2.07. The second-order valence-corrected chi connectivity index (χ2v) is 3.55. The third-order valence-corrected chi connectivity index (χ3v) is 2.39. The van der Waals surface area contributed by atoms with E-state index in [-0.39, 0.29) is 21.9 Å². The number of hydrogen-bond donors (Lipinski definition) is 0. The smallest absolute Gasteiger partial charge is 0.417 e. The van der Waals surface area contributed by atoms with Crippen LogP contribution >= 0.6 is 11.6 Å². The standard InChI is InChI=1S/C10H6ClF3N2O/c1-17-7-3-2-6(10(12,13)14)5-4-15-9(11)16-8(5)7/h2-4H,1H3. The SMILES string of the molecule is COc1ccc(C(F)(F)F)c2cnc(Cl)nc12. The summed E-state index contributed by atoms with van der Waals surface area (Å²) in [6.07, 6.45) is -3.43. The van der Waals surface area contributed by atoms with Crippen LogP contribution in [0.25, 0.3) is 10.9 Å². The Bertz CT molecular complexity index is 571. The second kappa shape index (κ2) is 4.03. The molecule has 7 heteroatoms. The molecule has 0 amide bonds. The predicted molar refractivity (Wildman–Crippen MR) is 56.1 cm³/mol. The highest BCUT2D eigenvalue weighted by Crippen LogP contribution is 2.37. The number of fused-ring (bicyclic) bond motifs is 1. The van der Waals surface area contributed by atoms with Gasteiger partial charge in [-0.1, -0.05) is 0 Å². The van der Waals surface area contributed by atoms with Gasteiger partial charge in [0.25, 0.3) is 0 Å². The van der Waals surface area contributed by atoms with Crippen LogP contribution in [0.3, 0.4) is 0 Å². The minimum Gasteiger partial charge on any atom is -0.494 e. The number of hydrogen-bond acceptors (Lipinski definition) is 3. The Labute approximate surface area is 99.2 Å². The normalized spacial score (nSPS) is 11.8. The molecule has 0 bridgehead atoms. The maximum absolute atomic E-state index is 12.7.